The molecule has 8 heteroatoms. The second kappa shape index (κ2) is 7.35. The predicted molar refractivity (Wildman–Crippen MR) is 95.5 cm³/mol. The number of hydrogen-bond donors (Lipinski definition) is 1. The van der Waals surface area contributed by atoms with Crippen LogP contribution in [0.25, 0.3) is 0 Å². The van der Waals surface area contributed by atoms with Crippen molar-refractivity contribution in [1.82, 2.24) is 14.5 Å². The average Bonchev–Trinajstić information content (AvgIpc) is 3.13. The summed E-state index contributed by atoms with van der Waals surface area (Å²) in [7, 11) is 1.71. The molecular formula is C18H22N4O4. The number of fused-ring (bicyclic) bond motifs is 1. The van der Waals surface area contributed by atoms with Crippen LogP contribution in [-0.4, -0.2) is 53.6 Å². The number of ether oxygens (including phenoxy) is 3. The fourth-order valence-electron chi connectivity index (χ4n) is 3.23. The van der Waals surface area contributed by atoms with E-state index in [2.05, 4.69) is 21.3 Å². The van der Waals surface area contributed by atoms with Gasteiger partial charge < -0.3 is 24.1 Å². The van der Waals surface area contributed by atoms with E-state index >= 15 is 0 Å². The van der Waals surface area contributed by atoms with Gasteiger partial charge in [0, 0.05) is 51.2 Å². The van der Waals surface area contributed by atoms with Crippen LogP contribution in [0.4, 0.5) is 5.82 Å². The predicted octanol–water partition coefficient (Wildman–Crippen LogP) is 0.822. The summed E-state index contributed by atoms with van der Waals surface area (Å²) < 4.78 is 18.4. The Kier molecular flexibility index (Phi) is 4.77. The number of morpholine rings is 1. The molecule has 8 nitrogen and oxygen atoms in total. The number of aryl methyl sites for hydroxylation is 1. The molecule has 1 saturated heterocycles. The molecule has 0 bridgehead atoms. The quantitative estimate of drug-likeness (QED) is 0.848. The monoisotopic (exact) mass is 358 g/mol. The molecule has 1 fully saturated rings. The zero-order chi connectivity index (χ0) is 17.9. The topological polar surface area (TPSA) is 77.9 Å². The molecule has 0 amide bonds. The maximum absolute atomic E-state index is 12.0. The summed E-state index contributed by atoms with van der Waals surface area (Å²) in [6, 6.07) is 5.97. The highest BCUT2D eigenvalue weighted by Gasteiger charge is 2.24. The molecule has 0 aliphatic carbocycles. The van der Waals surface area contributed by atoms with E-state index in [0.29, 0.717) is 19.0 Å². The Balaban J connectivity index is 1.37. The molecule has 26 heavy (non-hydrogen) atoms. The van der Waals surface area contributed by atoms with Crippen LogP contribution in [0.15, 0.2) is 35.4 Å². The Morgan fingerprint density at radius 3 is 3.19 bits per heavy atom. The molecule has 1 N–H and O–H groups in total. The normalized spacial score (nSPS) is 19.5. The molecule has 0 unspecified atom stereocenters. The maximum Gasteiger partial charge on any atom is 0.293 e. The Bertz CT molecular complexity index is 838. The first kappa shape index (κ1) is 16.9. The lowest BCUT2D eigenvalue weighted by atomic mass is 10.1. The van der Waals surface area contributed by atoms with Gasteiger partial charge in [-0.05, 0) is 6.07 Å². The number of anilines is 1. The van der Waals surface area contributed by atoms with E-state index in [1.807, 2.05) is 12.1 Å². The van der Waals surface area contributed by atoms with Crippen LogP contribution < -0.4 is 20.3 Å². The minimum Gasteiger partial charge on any atom is -0.454 e. The van der Waals surface area contributed by atoms with E-state index in [9.17, 15) is 4.79 Å². The van der Waals surface area contributed by atoms with Gasteiger partial charge in [0.1, 0.15) is 0 Å². The van der Waals surface area contributed by atoms with Gasteiger partial charge in [0.25, 0.3) is 5.56 Å². The van der Waals surface area contributed by atoms with Crippen molar-refractivity contribution in [2.45, 2.75) is 12.6 Å². The van der Waals surface area contributed by atoms with Crippen molar-refractivity contribution in [3.8, 4) is 11.5 Å². The largest absolute Gasteiger partial charge is 0.454 e. The van der Waals surface area contributed by atoms with Crippen LogP contribution in [0, 0.1) is 0 Å². The van der Waals surface area contributed by atoms with E-state index in [0.717, 1.165) is 36.7 Å². The first-order valence-corrected chi connectivity index (χ1v) is 8.67. The van der Waals surface area contributed by atoms with Crippen LogP contribution in [0.2, 0.25) is 0 Å². The van der Waals surface area contributed by atoms with Gasteiger partial charge in [-0.2, -0.15) is 0 Å². The number of para-hydroxylation sites is 1. The van der Waals surface area contributed by atoms with Crippen molar-refractivity contribution in [2.24, 2.45) is 7.05 Å². The minimum atomic E-state index is -0.142. The second-order valence-corrected chi connectivity index (χ2v) is 6.45. The first-order chi connectivity index (χ1) is 12.7. The molecule has 2 aliphatic rings. The lowest BCUT2D eigenvalue weighted by molar-refractivity contribution is -0.0242. The van der Waals surface area contributed by atoms with Gasteiger partial charge in [0.2, 0.25) is 6.79 Å². The standard InChI is InChI=1S/C18H22N4O4/c1-21-6-5-19-17(18(21)23)20-9-14-11-22(7-8-24-14)10-13-3-2-4-15-16(13)26-12-25-15/h2-6,14H,7-12H2,1H3,(H,19,20)/t14-/m1/s1. The Morgan fingerprint density at radius 1 is 1.35 bits per heavy atom. The Hall–Kier alpha value is -2.58. The highest BCUT2D eigenvalue weighted by Crippen LogP contribution is 2.36. The van der Waals surface area contributed by atoms with E-state index in [1.165, 1.54) is 4.57 Å². The number of nitrogens with one attached hydrogen (secondary N) is 1. The van der Waals surface area contributed by atoms with Gasteiger partial charge in [0.15, 0.2) is 17.3 Å². The molecule has 0 spiro atoms. The molecule has 4 rings (SSSR count). The SMILES string of the molecule is Cn1ccnc(NC[C@@H]2CN(Cc3cccc4c3OCO4)CCO2)c1=O. The van der Waals surface area contributed by atoms with Crippen molar-refractivity contribution in [1.29, 1.82) is 0 Å². The summed E-state index contributed by atoms with van der Waals surface area (Å²) in [5, 5.41) is 3.11. The maximum atomic E-state index is 12.0. The van der Waals surface area contributed by atoms with E-state index < -0.39 is 0 Å². The zero-order valence-corrected chi connectivity index (χ0v) is 14.7. The smallest absolute Gasteiger partial charge is 0.293 e. The molecule has 1 atom stereocenters. The third kappa shape index (κ3) is 3.51. The van der Waals surface area contributed by atoms with Crippen molar-refractivity contribution >= 4 is 5.82 Å². The van der Waals surface area contributed by atoms with E-state index in [-0.39, 0.29) is 18.5 Å². The number of hydrogen-bond acceptors (Lipinski definition) is 7. The molecule has 0 radical (unpaired) electrons. The van der Waals surface area contributed by atoms with Crippen molar-refractivity contribution in [3.63, 3.8) is 0 Å². The zero-order valence-electron chi connectivity index (χ0n) is 14.7. The summed E-state index contributed by atoms with van der Waals surface area (Å²) in [5.74, 6) is 1.99. The third-order valence-corrected chi connectivity index (χ3v) is 4.61. The summed E-state index contributed by atoms with van der Waals surface area (Å²) >= 11 is 0. The summed E-state index contributed by atoms with van der Waals surface area (Å²) in [4.78, 5) is 18.4. The third-order valence-electron chi connectivity index (χ3n) is 4.61. The van der Waals surface area contributed by atoms with E-state index in [1.54, 1.807) is 19.4 Å². The van der Waals surface area contributed by atoms with Gasteiger partial charge in [0.05, 0.1) is 12.7 Å². The Labute approximate surface area is 151 Å². The Morgan fingerprint density at radius 2 is 2.27 bits per heavy atom. The highest BCUT2D eigenvalue weighted by atomic mass is 16.7. The fourth-order valence-corrected chi connectivity index (χ4v) is 3.23. The fraction of sp³-hybridized carbons (Fsp3) is 0.444. The molecule has 3 heterocycles. The first-order valence-electron chi connectivity index (χ1n) is 8.67. The van der Waals surface area contributed by atoms with Crippen molar-refractivity contribution in [3.05, 3.63) is 46.5 Å². The number of nitrogens with zero attached hydrogens (tertiary/aromatic N) is 3. The van der Waals surface area contributed by atoms with Crippen LogP contribution in [-0.2, 0) is 18.3 Å². The molecule has 1 aromatic carbocycles. The van der Waals surface area contributed by atoms with E-state index in [4.69, 9.17) is 14.2 Å². The molecule has 138 valence electrons. The van der Waals surface area contributed by atoms with Crippen molar-refractivity contribution in [2.75, 3.05) is 38.4 Å². The van der Waals surface area contributed by atoms with Crippen LogP contribution in [0.5, 0.6) is 11.5 Å². The lowest BCUT2D eigenvalue weighted by Crippen LogP contribution is -2.45. The number of aromatic nitrogens is 2. The highest BCUT2D eigenvalue weighted by molar-refractivity contribution is 5.48. The molecule has 0 saturated carbocycles. The summed E-state index contributed by atoms with van der Waals surface area (Å²) in [6.07, 6.45) is 3.23. The van der Waals surface area contributed by atoms with Crippen LogP contribution in [0.3, 0.4) is 0 Å². The molecule has 2 aliphatic heterocycles. The number of benzene rings is 1. The lowest BCUT2D eigenvalue weighted by Gasteiger charge is -2.33. The van der Waals surface area contributed by atoms with Crippen LogP contribution in [0.1, 0.15) is 5.56 Å². The van der Waals surface area contributed by atoms with Crippen molar-refractivity contribution < 1.29 is 14.2 Å². The van der Waals surface area contributed by atoms with Gasteiger partial charge in [-0.15, -0.1) is 0 Å². The van der Waals surface area contributed by atoms with Gasteiger partial charge >= 0.3 is 0 Å². The molecule has 2 aromatic rings. The van der Waals surface area contributed by atoms with Gasteiger partial charge in [-0.1, -0.05) is 12.1 Å². The van der Waals surface area contributed by atoms with Gasteiger partial charge in [-0.25, -0.2) is 4.98 Å². The van der Waals surface area contributed by atoms with Crippen LogP contribution >= 0.6 is 0 Å². The van der Waals surface area contributed by atoms with Gasteiger partial charge in [-0.3, -0.25) is 9.69 Å². The molecule has 1 aromatic heterocycles. The summed E-state index contributed by atoms with van der Waals surface area (Å²) in [6.45, 7) is 3.87. The minimum absolute atomic E-state index is 0.00982. The average molecular weight is 358 g/mol. The summed E-state index contributed by atoms with van der Waals surface area (Å²) in [5.41, 5.74) is 0.976. The second-order valence-electron chi connectivity index (χ2n) is 6.45. The molecular weight excluding hydrogens is 336 g/mol. The number of rotatable bonds is 5.